The van der Waals surface area contributed by atoms with E-state index in [-0.39, 0.29) is 18.8 Å². The third kappa shape index (κ3) is 5.57. The van der Waals surface area contributed by atoms with Gasteiger partial charge in [-0.15, -0.1) is 0 Å². The van der Waals surface area contributed by atoms with E-state index in [1.807, 2.05) is 12.1 Å². The van der Waals surface area contributed by atoms with E-state index in [1.54, 1.807) is 12.1 Å². The van der Waals surface area contributed by atoms with Gasteiger partial charge in [-0.25, -0.2) is 13.1 Å². The van der Waals surface area contributed by atoms with Crippen molar-refractivity contribution in [2.24, 2.45) is 0 Å². The molecule has 0 saturated heterocycles. The molecule has 18 heavy (non-hydrogen) atoms. The Bertz CT molecular complexity index is 445. The summed E-state index contributed by atoms with van der Waals surface area (Å²) in [6, 6.07) is 7.29. The first-order valence-corrected chi connectivity index (χ1v) is 7.44. The van der Waals surface area contributed by atoms with E-state index in [1.165, 1.54) is 0 Å². The molecule has 102 valence electrons. The van der Waals surface area contributed by atoms with Crippen LogP contribution in [-0.4, -0.2) is 32.5 Å². The van der Waals surface area contributed by atoms with Crippen LogP contribution in [0.2, 0.25) is 0 Å². The third-order valence-corrected chi connectivity index (χ3v) is 3.96. The third-order valence-electron chi connectivity index (χ3n) is 2.49. The normalized spacial score (nSPS) is 11.7. The first kappa shape index (κ1) is 15.1. The maximum atomic E-state index is 11.9. The number of aliphatic hydroxyl groups excluding tert-OH is 1. The van der Waals surface area contributed by atoms with Crippen LogP contribution in [0.25, 0.3) is 0 Å². The highest BCUT2D eigenvalue weighted by atomic mass is 32.2. The number of halogens is 1. The van der Waals surface area contributed by atoms with Gasteiger partial charge in [0.15, 0.2) is 0 Å². The largest absolute Gasteiger partial charge is 0.392 e. The number of sulfonamides is 1. The van der Waals surface area contributed by atoms with Gasteiger partial charge in [0.25, 0.3) is 0 Å². The van der Waals surface area contributed by atoms with Crippen molar-refractivity contribution in [2.75, 3.05) is 19.0 Å². The van der Waals surface area contributed by atoms with Crippen LogP contribution < -0.4 is 4.72 Å². The number of benzene rings is 1. The standard InChI is InChI=1S/C12H18FNO3S/c13-7-1-9-18(16,17)14-8-6-11-2-4-12(10-15)5-3-11/h2-5,14-15H,1,6-10H2. The number of rotatable bonds is 8. The Morgan fingerprint density at radius 2 is 1.78 bits per heavy atom. The van der Waals surface area contributed by atoms with E-state index in [0.717, 1.165) is 11.1 Å². The molecule has 1 aromatic carbocycles. The summed E-state index contributed by atoms with van der Waals surface area (Å²) in [6.45, 7) is -0.327. The van der Waals surface area contributed by atoms with Crippen molar-refractivity contribution >= 4 is 10.0 Å². The Labute approximate surface area is 107 Å². The van der Waals surface area contributed by atoms with Crippen LogP contribution >= 0.6 is 0 Å². The molecule has 1 rings (SSSR count). The van der Waals surface area contributed by atoms with E-state index >= 15 is 0 Å². The lowest BCUT2D eigenvalue weighted by Gasteiger charge is -2.06. The fraction of sp³-hybridized carbons (Fsp3) is 0.500. The predicted octanol–water partition coefficient (Wildman–Crippen LogP) is 1.00. The molecular weight excluding hydrogens is 257 g/mol. The first-order chi connectivity index (χ1) is 8.57. The lowest BCUT2D eigenvalue weighted by Crippen LogP contribution is -2.28. The second kappa shape index (κ2) is 7.45. The second-order valence-electron chi connectivity index (χ2n) is 3.98. The first-order valence-electron chi connectivity index (χ1n) is 5.79. The number of hydrogen-bond donors (Lipinski definition) is 2. The summed E-state index contributed by atoms with van der Waals surface area (Å²) >= 11 is 0. The van der Waals surface area contributed by atoms with E-state index in [9.17, 15) is 12.8 Å². The minimum atomic E-state index is -3.36. The molecule has 0 atom stereocenters. The fourth-order valence-corrected chi connectivity index (χ4v) is 2.53. The average molecular weight is 275 g/mol. The van der Waals surface area contributed by atoms with E-state index in [2.05, 4.69) is 4.72 Å². The van der Waals surface area contributed by atoms with Gasteiger partial charge < -0.3 is 5.11 Å². The molecule has 0 unspecified atom stereocenters. The molecule has 0 amide bonds. The molecule has 0 heterocycles. The molecule has 2 N–H and O–H groups in total. The summed E-state index contributed by atoms with van der Waals surface area (Å²) in [7, 11) is -3.36. The van der Waals surface area contributed by atoms with E-state index in [0.29, 0.717) is 13.0 Å². The van der Waals surface area contributed by atoms with Gasteiger partial charge in [0, 0.05) is 6.54 Å². The Kier molecular flexibility index (Phi) is 6.24. The van der Waals surface area contributed by atoms with Crippen molar-refractivity contribution < 1.29 is 17.9 Å². The lowest BCUT2D eigenvalue weighted by molar-refractivity contribution is 0.282. The Morgan fingerprint density at radius 1 is 1.17 bits per heavy atom. The highest BCUT2D eigenvalue weighted by molar-refractivity contribution is 7.89. The van der Waals surface area contributed by atoms with Crippen molar-refractivity contribution in [3.63, 3.8) is 0 Å². The van der Waals surface area contributed by atoms with Crippen LogP contribution in [-0.2, 0) is 23.1 Å². The van der Waals surface area contributed by atoms with Crippen LogP contribution in [0.1, 0.15) is 17.5 Å². The molecular formula is C12H18FNO3S. The molecule has 0 aliphatic rings. The maximum absolute atomic E-state index is 11.9. The summed E-state index contributed by atoms with van der Waals surface area (Å²) in [5.41, 5.74) is 1.81. The van der Waals surface area contributed by atoms with Crippen molar-refractivity contribution in [1.29, 1.82) is 0 Å². The Morgan fingerprint density at radius 3 is 2.33 bits per heavy atom. The van der Waals surface area contributed by atoms with Crippen LogP contribution in [0.3, 0.4) is 0 Å². The van der Waals surface area contributed by atoms with Crippen LogP contribution in [0, 0.1) is 0 Å². The second-order valence-corrected chi connectivity index (χ2v) is 5.91. The fourth-order valence-electron chi connectivity index (χ4n) is 1.48. The van der Waals surface area contributed by atoms with Gasteiger partial charge in [-0.3, -0.25) is 4.39 Å². The van der Waals surface area contributed by atoms with Crippen LogP contribution in [0.5, 0.6) is 0 Å². The van der Waals surface area contributed by atoms with Gasteiger partial charge >= 0.3 is 0 Å². The Hall–Kier alpha value is -0.980. The van der Waals surface area contributed by atoms with Crippen LogP contribution in [0.15, 0.2) is 24.3 Å². The summed E-state index contributed by atoms with van der Waals surface area (Å²) in [6.07, 6.45) is 0.598. The monoisotopic (exact) mass is 275 g/mol. The van der Waals surface area contributed by atoms with E-state index in [4.69, 9.17) is 5.11 Å². The van der Waals surface area contributed by atoms with Gasteiger partial charge in [0.2, 0.25) is 10.0 Å². The molecule has 6 heteroatoms. The van der Waals surface area contributed by atoms with Crippen molar-refractivity contribution in [1.82, 2.24) is 4.72 Å². The zero-order valence-electron chi connectivity index (χ0n) is 10.1. The highest BCUT2D eigenvalue weighted by Gasteiger charge is 2.08. The van der Waals surface area contributed by atoms with Crippen molar-refractivity contribution in [2.45, 2.75) is 19.4 Å². The number of hydrogen-bond acceptors (Lipinski definition) is 3. The summed E-state index contributed by atoms with van der Waals surface area (Å²) in [5, 5.41) is 8.87. The summed E-state index contributed by atoms with van der Waals surface area (Å²) in [4.78, 5) is 0. The zero-order valence-corrected chi connectivity index (χ0v) is 10.9. The van der Waals surface area contributed by atoms with Crippen molar-refractivity contribution in [3.8, 4) is 0 Å². The number of aliphatic hydroxyl groups is 1. The minimum absolute atomic E-state index is 0.00383. The molecule has 0 saturated carbocycles. The smallest absolute Gasteiger partial charge is 0.211 e. The Balaban J connectivity index is 2.36. The number of nitrogens with one attached hydrogen (secondary N) is 1. The molecule has 1 aromatic rings. The maximum Gasteiger partial charge on any atom is 0.211 e. The van der Waals surface area contributed by atoms with Gasteiger partial charge in [-0.1, -0.05) is 24.3 Å². The number of alkyl halides is 1. The van der Waals surface area contributed by atoms with Crippen molar-refractivity contribution in [3.05, 3.63) is 35.4 Å². The molecule has 0 aliphatic carbocycles. The quantitative estimate of drug-likeness (QED) is 0.744. The molecule has 0 radical (unpaired) electrons. The lowest BCUT2D eigenvalue weighted by atomic mass is 10.1. The average Bonchev–Trinajstić information content (AvgIpc) is 2.37. The summed E-state index contributed by atoms with van der Waals surface area (Å²) in [5.74, 6) is -0.174. The van der Waals surface area contributed by atoms with E-state index < -0.39 is 16.7 Å². The van der Waals surface area contributed by atoms with Gasteiger partial charge in [-0.2, -0.15) is 0 Å². The molecule has 0 aromatic heterocycles. The molecule has 0 bridgehead atoms. The predicted molar refractivity (Wildman–Crippen MR) is 68.5 cm³/mol. The topological polar surface area (TPSA) is 66.4 Å². The van der Waals surface area contributed by atoms with Gasteiger partial charge in [-0.05, 0) is 24.0 Å². The molecule has 0 fully saturated rings. The van der Waals surface area contributed by atoms with Gasteiger partial charge in [0.05, 0.1) is 19.0 Å². The summed E-state index contributed by atoms with van der Waals surface area (Å²) < 4.78 is 37.0. The highest BCUT2D eigenvalue weighted by Crippen LogP contribution is 2.04. The molecule has 4 nitrogen and oxygen atoms in total. The SMILES string of the molecule is O=S(=O)(CCCF)NCCc1ccc(CO)cc1. The zero-order chi connectivity index (χ0) is 13.4. The molecule has 0 spiro atoms. The van der Waals surface area contributed by atoms with Crippen LogP contribution in [0.4, 0.5) is 4.39 Å². The van der Waals surface area contributed by atoms with Gasteiger partial charge in [0.1, 0.15) is 0 Å². The molecule has 0 aliphatic heterocycles. The minimum Gasteiger partial charge on any atom is -0.392 e.